The van der Waals surface area contributed by atoms with E-state index in [-0.39, 0.29) is 5.54 Å². The molecule has 4 aliphatic rings. The van der Waals surface area contributed by atoms with Crippen LogP contribution in [0.1, 0.15) is 103 Å². The summed E-state index contributed by atoms with van der Waals surface area (Å²) in [6.07, 6.45) is 8.95. The smallest absolute Gasteiger partial charge is 0.376 e. The molecule has 0 amide bonds. The quantitative estimate of drug-likeness (QED) is 0.113. The van der Waals surface area contributed by atoms with Crippen LogP contribution in [0.15, 0.2) is 182 Å². The Bertz CT molecular complexity index is 2120. The molecule has 0 bridgehead atoms. The van der Waals surface area contributed by atoms with Crippen LogP contribution in [0.2, 0.25) is 6.82 Å². The van der Waals surface area contributed by atoms with Gasteiger partial charge in [0.1, 0.15) is 5.54 Å². The summed E-state index contributed by atoms with van der Waals surface area (Å²) in [6.45, 7) is 9.97. The Balaban J connectivity index is 0.000000144. The summed E-state index contributed by atoms with van der Waals surface area (Å²) in [5.41, 5.74) is 8.25. The summed E-state index contributed by atoms with van der Waals surface area (Å²) >= 11 is 0. The van der Waals surface area contributed by atoms with Crippen molar-refractivity contribution < 1.29 is 5.02 Å². The zero-order chi connectivity index (χ0) is 46.8. The molecule has 352 valence electrons. The molecular formula is C61H74BN5O. The first-order valence-electron chi connectivity index (χ1n) is 25.8. The predicted octanol–water partition coefficient (Wildman–Crippen LogP) is 11.6. The Kier molecular flexibility index (Phi) is 18.3. The number of benzene rings is 6. The van der Waals surface area contributed by atoms with Crippen LogP contribution in [0.3, 0.4) is 0 Å². The van der Waals surface area contributed by atoms with Crippen molar-refractivity contribution in [1.82, 2.24) is 20.3 Å². The highest BCUT2D eigenvalue weighted by Gasteiger charge is 2.43. The molecule has 0 atom stereocenters. The van der Waals surface area contributed by atoms with Crippen molar-refractivity contribution in [1.29, 1.82) is 5.26 Å². The number of hydrogen-bond donors (Lipinski definition) is 3. The van der Waals surface area contributed by atoms with Gasteiger partial charge in [0.25, 0.3) is 0 Å². The predicted molar refractivity (Wildman–Crippen MR) is 283 cm³/mol. The van der Waals surface area contributed by atoms with Crippen LogP contribution in [-0.2, 0) is 0 Å². The number of nitrogens with one attached hydrogen (secondary N) is 2. The molecule has 7 heteroatoms. The zero-order valence-corrected chi connectivity index (χ0v) is 40.5. The topological polar surface area (TPSA) is 74.6 Å². The highest BCUT2D eigenvalue weighted by atomic mass is 16.2. The monoisotopic (exact) mass is 904 g/mol. The van der Waals surface area contributed by atoms with Crippen LogP contribution < -0.4 is 10.6 Å². The lowest BCUT2D eigenvalue weighted by molar-refractivity contribution is 0.0459. The molecule has 6 aromatic rings. The minimum atomic E-state index is -0.426. The second-order valence-electron chi connectivity index (χ2n) is 19.7. The number of nitriles is 1. The molecule has 0 unspecified atom stereocenters. The number of rotatable bonds is 11. The molecule has 0 aliphatic carbocycles. The second kappa shape index (κ2) is 25.3. The highest BCUT2D eigenvalue weighted by Crippen LogP contribution is 2.42. The summed E-state index contributed by atoms with van der Waals surface area (Å²) in [4.78, 5) is 4.51. The molecule has 10 rings (SSSR count). The zero-order valence-electron chi connectivity index (χ0n) is 40.5. The molecule has 3 N–H and O–H groups in total. The molecule has 68 heavy (non-hydrogen) atoms. The summed E-state index contributed by atoms with van der Waals surface area (Å²) in [5, 5.41) is 26.9. The fourth-order valence-electron chi connectivity index (χ4n) is 12.0. The van der Waals surface area contributed by atoms with Gasteiger partial charge in [0.15, 0.2) is 0 Å². The van der Waals surface area contributed by atoms with E-state index in [0.29, 0.717) is 23.7 Å². The van der Waals surface area contributed by atoms with Crippen molar-refractivity contribution in [3.63, 3.8) is 0 Å². The summed E-state index contributed by atoms with van der Waals surface area (Å²) in [5.74, 6) is 3.59. The van der Waals surface area contributed by atoms with Gasteiger partial charge in [-0.05, 0) is 162 Å². The number of nitrogens with zero attached hydrogens (tertiary/aromatic N) is 3. The van der Waals surface area contributed by atoms with Gasteiger partial charge in [0.2, 0.25) is 0 Å². The average molecular weight is 904 g/mol. The Hall–Kier alpha value is -5.33. The van der Waals surface area contributed by atoms with E-state index in [1.165, 1.54) is 59.1 Å². The molecule has 0 saturated carbocycles. The molecule has 0 aromatic heterocycles. The van der Waals surface area contributed by atoms with Gasteiger partial charge in [-0.15, -0.1) is 0 Å². The van der Waals surface area contributed by atoms with Crippen molar-refractivity contribution in [2.24, 2.45) is 17.8 Å². The molecule has 0 radical (unpaired) electrons. The molecular weight excluding hydrogens is 830 g/mol. The van der Waals surface area contributed by atoms with E-state index >= 15 is 0 Å². The van der Waals surface area contributed by atoms with Gasteiger partial charge >= 0.3 is 7.05 Å². The molecule has 4 fully saturated rings. The molecule has 4 aliphatic heterocycles. The van der Waals surface area contributed by atoms with Crippen molar-refractivity contribution in [3.8, 4) is 6.07 Å². The standard InChI is InChI=1S/C25H32BN3O.2C18H21N/c1-26(30)29-18-14-25(20-27,15-19-29)28-16-12-23(13-17-28)24(21-8-4-2-5-9-21)22-10-6-3-7-11-22;2*1-3-7-15(8-4-1)18(16-9-5-2-6-10-16)17-11-13-19-14-12-17/h2-11,23-24,30H,12-19H2,1H3;2*1-10,17-19H,11-14H2. The minimum Gasteiger partial charge on any atom is -0.437 e. The van der Waals surface area contributed by atoms with E-state index in [0.717, 1.165) is 89.9 Å². The van der Waals surface area contributed by atoms with Crippen molar-refractivity contribution >= 4 is 7.05 Å². The lowest BCUT2D eigenvalue weighted by Crippen LogP contribution is -2.58. The number of hydrogen-bond acceptors (Lipinski definition) is 6. The van der Waals surface area contributed by atoms with Gasteiger partial charge in [-0.2, -0.15) is 5.26 Å². The third-order valence-electron chi connectivity index (χ3n) is 15.6. The minimum absolute atomic E-state index is 0.370. The van der Waals surface area contributed by atoms with E-state index in [9.17, 15) is 10.3 Å². The third kappa shape index (κ3) is 12.8. The Labute approximate surface area is 409 Å². The first-order valence-corrected chi connectivity index (χ1v) is 25.8. The Morgan fingerprint density at radius 2 is 0.721 bits per heavy atom. The number of piperidine rings is 4. The molecule has 4 heterocycles. The van der Waals surface area contributed by atoms with E-state index in [4.69, 9.17) is 0 Å². The highest BCUT2D eigenvalue weighted by molar-refractivity contribution is 6.45. The van der Waals surface area contributed by atoms with Crippen LogP contribution in [0.25, 0.3) is 0 Å². The fourth-order valence-corrected chi connectivity index (χ4v) is 12.0. The lowest BCUT2D eigenvalue weighted by Gasteiger charge is -2.48. The molecule has 6 nitrogen and oxygen atoms in total. The van der Waals surface area contributed by atoms with E-state index < -0.39 is 7.05 Å². The summed E-state index contributed by atoms with van der Waals surface area (Å²) in [6, 6.07) is 68.3. The summed E-state index contributed by atoms with van der Waals surface area (Å²) < 4.78 is 0. The van der Waals surface area contributed by atoms with Gasteiger partial charge in [-0.25, -0.2) is 0 Å². The maximum atomic E-state index is 10.1. The van der Waals surface area contributed by atoms with Crippen LogP contribution in [0, 0.1) is 29.1 Å². The van der Waals surface area contributed by atoms with Gasteiger partial charge in [0.05, 0.1) is 6.07 Å². The number of likely N-dealkylation sites (tertiary alicyclic amines) is 1. The first kappa shape index (κ1) is 49.1. The molecule has 0 spiro atoms. The average Bonchev–Trinajstić information content (AvgIpc) is 3.42. The Morgan fingerprint density at radius 3 is 0.971 bits per heavy atom. The molecule has 4 saturated heterocycles. The van der Waals surface area contributed by atoms with E-state index in [1.54, 1.807) is 0 Å². The normalized spacial score (nSPS) is 18.5. The van der Waals surface area contributed by atoms with Crippen LogP contribution >= 0.6 is 0 Å². The molecule has 6 aromatic carbocycles. The largest absolute Gasteiger partial charge is 0.437 e. The second-order valence-corrected chi connectivity index (χ2v) is 19.7. The van der Waals surface area contributed by atoms with Crippen LogP contribution in [0.4, 0.5) is 0 Å². The van der Waals surface area contributed by atoms with Crippen molar-refractivity contribution in [3.05, 3.63) is 215 Å². The maximum Gasteiger partial charge on any atom is 0.376 e. The van der Waals surface area contributed by atoms with Crippen LogP contribution in [0.5, 0.6) is 0 Å². The van der Waals surface area contributed by atoms with Gasteiger partial charge in [-0.1, -0.05) is 182 Å². The van der Waals surface area contributed by atoms with Gasteiger partial charge in [0, 0.05) is 17.8 Å². The van der Waals surface area contributed by atoms with E-state index in [1.807, 2.05) is 6.82 Å². The van der Waals surface area contributed by atoms with Crippen molar-refractivity contribution in [2.75, 3.05) is 52.4 Å². The fraction of sp³-hybridized carbons (Fsp3) is 0.393. The Morgan fingerprint density at radius 1 is 0.456 bits per heavy atom. The van der Waals surface area contributed by atoms with Gasteiger partial charge in [-0.3, -0.25) is 4.90 Å². The summed E-state index contributed by atoms with van der Waals surface area (Å²) in [7, 11) is -0.426. The van der Waals surface area contributed by atoms with E-state index in [2.05, 4.69) is 208 Å². The van der Waals surface area contributed by atoms with Crippen molar-refractivity contribution in [2.45, 2.75) is 81.5 Å². The van der Waals surface area contributed by atoms with Crippen LogP contribution in [-0.4, -0.2) is 79.7 Å². The maximum absolute atomic E-state index is 10.1. The lowest BCUT2D eigenvalue weighted by atomic mass is 9.74. The first-order chi connectivity index (χ1) is 33.5. The SMILES string of the molecule is CB(O)N1CCC(C#N)(N2CCC(C(c3ccccc3)c3ccccc3)CC2)CC1.c1ccc(C(c2ccccc2)C2CCNCC2)cc1.c1ccc(C(c2ccccc2)C2CCNCC2)cc1. The third-order valence-corrected chi connectivity index (χ3v) is 15.6. The van der Waals surface area contributed by atoms with Gasteiger partial charge < -0.3 is 20.5 Å².